The van der Waals surface area contributed by atoms with E-state index in [-0.39, 0.29) is 5.91 Å². The number of carbonyl (C=O) groups excluding carboxylic acids is 2. The Labute approximate surface area is 208 Å². The molecule has 184 valence electrons. The predicted molar refractivity (Wildman–Crippen MR) is 140 cm³/mol. The van der Waals surface area contributed by atoms with Crippen molar-refractivity contribution in [3.05, 3.63) is 80.8 Å². The second-order valence-electron chi connectivity index (χ2n) is 9.78. The minimum absolute atomic E-state index is 0.129. The molecule has 1 amide bonds. The van der Waals surface area contributed by atoms with Gasteiger partial charge >= 0.3 is 5.97 Å². The fourth-order valence-corrected chi connectivity index (χ4v) is 5.30. The molecule has 5 nitrogen and oxygen atoms in total. The largest absolute Gasteiger partial charge is 0.465 e. The fraction of sp³-hybridized carbons (Fsp3) is 0.400. The van der Waals surface area contributed by atoms with E-state index in [1.165, 1.54) is 36.7 Å². The third kappa shape index (κ3) is 4.77. The zero-order valence-electron chi connectivity index (χ0n) is 21.8. The summed E-state index contributed by atoms with van der Waals surface area (Å²) in [6, 6.07) is 8.50. The van der Waals surface area contributed by atoms with Crippen molar-refractivity contribution in [2.24, 2.45) is 0 Å². The van der Waals surface area contributed by atoms with Crippen LogP contribution in [0.15, 0.2) is 52.8 Å². The lowest BCUT2D eigenvalue weighted by molar-refractivity contribution is -0.136. The van der Waals surface area contributed by atoms with Crippen molar-refractivity contribution in [1.29, 1.82) is 0 Å². The molecule has 0 bridgehead atoms. The van der Waals surface area contributed by atoms with E-state index in [0.29, 0.717) is 23.4 Å². The second kappa shape index (κ2) is 10.1. The van der Waals surface area contributed by atoms with Gasteiger partial charge < -0.3 is 14.2 Å². The van der Waals surface area contributed by atoms with Crippen LogP contribution < -0.4 is 0 Å². The van der Waals surface area contributed by atoms with Gasteiger partial charge in [-0.05, 0) is 102 Å². The van der Waals surface area contributed by atoms with Crippen molar-refractivity contribution in [2.75, 3.05) is 13.7 Å². The summed E-state index contributed by atoms with van der Waals surface area (Å²) in [4.78, 5) is 28.1. The number of aryl methyl sites for hydroxylation is 3. The van der Waals surface area contributed by atoms with Crippen LogP contribution in [0.2, 0.25) is 0 Å². The van der Waals surface area contributed by atoms with Crippen molar-refractivity contribution in [2.45, 2.75) is 66.7 Å². The number of carbonyl (C=O) groups is 2. The van der Waals surface area contributed by atoms with E-state index < -0.39 is 5.97 Å². The lowest BCUT2D eigenvalue weighted by Gasteiger charge is -2.20. The number of amides is 1. The smallest absolute Gasteiger partial charge is 0.340 e. The first kappa shape index (κ1) is 24.8. The number of methoxy groups -OCH3 is 1. The number of benzene rings is 1. The molecule has 2 aromatic rings. The second-order valence-corrected chi connectivity index (χ2v) is 9.78. The zero-order valence-corrected chi connectivity index (χ0v) is 21.8. The van der Waals surface area contributed by atoms with Crippen LogP contribution in [0.25, 0.3) is 11.8 Å². The van der Waals surface area contributed by atoms with Gasteiger partial charge in [-0.1, -0.05) is 23.8 Å². The van der Waals surface area contributed by atoms with E-state index in [2.05, 4.69) is 62.6 Å². The first-order chi connectivity index (χ1) is 16.7. The minimum atomic E-state index is -0.468. The van der Waals surface area contributed by atoms with Crippen LogP contribution in [-0.4, -0.2) is 35.0 Å². The minimum Gasteiger partial charge on any atom is -0.465 e. The maximum absolute atomic E-state index is 13.6. The summed E-state index contributed by atoms with van der Waals surface area (Å²) in [7, 11) is 1.37. The van der Waals surface area contributed by atoms with E-state index in [4.69, 9.17) is 4.74 Å². The molecule has 1 aromatic heterocycles. The summed E-state index contributed by atoms with van der Waals surface area (Å²) < 4.78 is 7.31. The Balaban J connectivity index is 1.72. The Morgan fingerprint density at radius 3 is 2.54 bits per heavy atom. The average molecular weight is 473 g/mol. The first-order valence-electron chi connectivity index (χ1n) is 12.5. The highest BCUT2D eigenvalue weighted by molar-refractivity contribution is 6.16. The van der Waals surface area contributed by atoms with Crippen molar-refractivity contribution in [1.82, 2.24) is 9.47 Å². The zero-order chi connectivity index (χ0) is 25.3. The van der Waals surface area contributed by atoms with Gasteiger partial charge in [-0.3, -0.25) is 4.79 Å². The van der Waals surface area contributed by atoms with Crippen LogP contribution in [0, 0.1) is 27.7 Å². The molecule has 1 aliphatic heterocycles. The molecule has 2 aliphatic rings. The molecular weight excluding hydrogens is 436 g/mol. The maximum Gasteiger partial charge on any atom is 0.340 e. The standard InChI is InChI=1S/C30H36N2O3/c1-19-12-13-20(2)27(16-19)32-21(3)17-25(22(32)4)18-26-28(30(34)35-6)23(5)31(29(26)33)15-14-24-10-8-7-9-11-24/h10,12-13,16-18H,7-9,11,14-15H2,1-6H3. The molecule has 35 heavy (non-hydrogen) atoms. The molecule has 0 atom stereocenters. The van der Waals surface area contributed by atoms with Crippen LogP contribution in [-0.2, 0) is 14.3 Å². The van der Waals surface area contributed by atoms with Crippen LogP contribution in [0.5, 0.6) is 0 Å². The molecule has 2 heterocycles. The highest BCUT2D eigenvalue weighted by Crippen LogP contribution is 2.34. The lowest BCUT2D eigenvalue weighted by Crippen LogP contribution is -2.26. The first-order valence-corrected chi connectivity index (χ1v) is 12.5. The Bertz CT molecular complexity index is 1270. The number of esters is 1. The summed E-state index contributed by atoms with van der Waals surface area (Å²) in [6.07, 6.45) is 9.68. The third-order valence-corrected chi connectivity index (χ3v) is 7.32. The van der Waals surface area contributed by atoms with E-state index in [0.717, 1.165) is 41.9 Å². The Kier molecular flexibility index (Phi) is 7.15. The highest BCUT2D eigenvalue weighted by Gasteiger charge is 2.37. The molecule has 0 radical (unpaired) electrons. The molecule has 0 unspecified atom stereocenters. The number of hydrogen-bond donors (Lipinski definition) is 0. The van der Waals surface area contributed by atoms with E-state index in [1.807, 2.05) is 13.0 Å². The Morgan fingerprint density at radius 2 is 1.86 bits per heavy atom. The van der Waals surface area contributed by atoms with Crippen molar-refractivity contribution < 1.29 is 14.3 Å². The molecule has 0 saturated carbocycles. The molecule has 0 spiro atoms. The van der Waals surface area contributed by atoms with Gasteiger partial charge in [0, 0.05) is 29.3 Å². The van der Waals surface area contributed by atoms with Crippen LogP contribution in [0.4, 0.5) is 0 Å². The van der Waals surface area contributed by atoms with E-state index in [1.54, 1.807) is 4.90 Å². The number of aromatic nitrogens is 1. The summed E-state index contributed by atoms with van der Waals surface area (Å²) in [5.74, 6) is -0.597. The Morgan fingerprint density at radius 1 is 1.09 bits per heavy atom. The maximum atomic E-state index is 13.6. The number of rotatable bonds is 6. The highest BCUT2D eigenvalue weighted by atomic mass is 16.5. The quantitative estimate of drug-likeness (QED) is 0.283. The number of allylic oxidation sites excluding steroid dienone is 2. The van der Waals surface area contributed by atoms with Gasteiger partial charge in [0.25, 0.3) is 5.91 Å². The van der Waals surface area contributed by atoms with Gasteiger partial charge in [0.05, 0.1) is 18.3 Å². The molecule has 0 fully saturated rings. The average Bonchev–Trinajstić information content (AvgIpc) is 3.25. The SMILES string of the molecule is COC(=O)C1=C(C)N(CCC2=CCCCC2)C(=O)C1=Cc1cc(C)n(-c2cc(C)ccc2C)c1C. The monoisotopic (exact) mass is 472 g/mol. The van der Waals surface area contributed by atoms with E-state index >= 15 is 0 Å². The summed E-state index contributed by atoms with van der Waals surface area (Å²) in [5, 5.41) is 0. The number of hydrogen-bond acceptors (Lipinski definition) is 3. The summed E-state index contributed by atoms with van der Waals surface area (Å²) in [6.45, 7) is 10.7. The van der Waals surface area contributed by atoms with Gasteiger partial charge in [-0.2, -0.15) is 0 Å². The van der Waals surface area contributed by atoms with Crippen LogP contribution in [0.3, 0.4) is 0 Å². The van der Waals surface area contributed by atoms with Crippen LogP contribution >= 0.6 is 0 Å². The summed E-state index contributed by atoms with van der Waals surface area (Å²) in [5.41, 5.74) is 9.40. The van der Waals surface area contributed by atoms with Gasteiger partial charge in [0.2, 0.25) is 0 Å². The molecule has 5 heteroatoms. The third-order valence-electron chi connectivity index (χ3n) is 7.32. The molecule has 0 saturated heterocycles. The fourth-order valence-electron chi connectivity index (χ4n) is 5.30. The Hall–Kier alpha value is -3.34. The van der Waals surface area contributed by atoms with Gasteiger partial charge in [0.1, 0.15) is 0 Å². The van der Waals surface area contributed by atoms with Crippen molar-refractivity contribution in [3.63, 3.8) is 0 Å². The molecule has 4 rings (SSSR count). The summed E-state index contributed by atoms with van der Waals surface area (Å²) >= 11 is 0. The number of ether oxygens (including phenoxy) is 1. The van der Waals surface area contributed by atoms with Crippen molar-refractivity contribution >= 4 is 18.0 Å². The van der Waals surface area contributed by atoms with Crippen LogP contribution in [0.1, 0.15) is 67.1 Å². The molecule has 1 aliphatic carbocycles. The normalized spacial score (nSPS) is 17.4. The molecule has 0 N–H and O–H groups in total. The lowest BCUT2D eigenvalue weighted by atomic mass is 9.97. The van der Waals surface area contributed by atoms with Crippen molar-refractivity contribution in [3.8, 4) is 5.69 Å². The van der Waals surface area contributed by atoms with Gasteiger partial charge in [-0.15, -0.1) is 0 Å². The number of nitrogens with zero attached hydrogens (tertiary/aromatic N) is 2. The predicted octanol–water partition coefficient (Wildman–Crippen LogP) is 6.27. The van der Waals surface area contributed by atoms with E-state index in [9.17, 15) is 9.59 Å². The van der Waals surface area contributed by atoms with Gasteiger partial charge in [-0.25, -0.2) is 4.79 Å². The molecule has 1 aromatic carbocycles. The van der Waals surface area contributed by atoms with Gasteiger partial charge in [0.15, 0.2) is 0 Å². The topological polar surface area (TPSA) is 51.5 Å². The molecular formula is C30H36N2O3.